The summed E-state index contributed by atoms with van der Waals surface area (Å²) in [7, 11) is 0. The third kappa shape index (κ3) is 3.95. The second-order valence-corrected chi connectivity index (χ2v) is 3.94. The first-order valence-electron chi connectivity index (χ1n) is 6.24. The van der Waals surface area contributed by atoms with Crippen molar-refractivity contribution in [3.05, 3.63) is 67.1 Å². The Labute approximate surface area is 123 Å². The van der Waals surface area contributed by atoms with E-state index in [0.717, 1.165) is 22.6 Å². The van der Waals surface area contributed by atoms with Crippen molar-refractivity contribution in [2.75, 3.05) is 0 Å². The number of aromatic nitrogens is 3. The van der Waals surface area contributed by atoms with Crippen LogP contribution in [0.5, 0.6) is 0 Å². The summed E-state index contributed by atoms with van der Waals surface area (Å²) in [6.07, 6.45) is 5.33. The maximum absolute atomic E-state index is 7.00. The zero-order chi connectivity index (χ0) is 14.9. The Morgan fingerprint density at radius 3 is 1.81 bits per heavy atom. The van der Waals surface area contributed by atoms with E-state index in [-0.39, 0.29) is 7.69 Å². The molecular formula is C15H13BN3O2. The highest BCUT2D eigenvalue weighted by Crippen LogP contribution is 2.26. The predicted molar refractivity (Wildman–Crippen MR) is 80.9 cm³/mol. The van der Waals surface area contributed by atoms with Gasteiger partial charge in [0.05, 0.1) is 17.1 Å². The molecule has 0 saturated carbocycles. The van der Waals surface area contributed by atoms with Gasteiger partial charge in [-0.15, -0.1) is 0 Å². The van der Waals surface area contributed by atoms with Crippen molar-refractivity contribution >= 4 is 7.69 Å². The van der Waals surface area contributed by atoms with Gasteiger partial charge in [0.2, 0.25) is 0 Å². The molecule has 0 unspecified atom stereocenters. The molecule has 0 aromatic carbocycles. The zero-order valence-corrected chi connectivity index (χ0v) is 11.2. The monoisotopic (exact) mass is 278 g/mol. The maximum atomic E-state index is 7.00. The summed E-state index contributed by atoms with van der Waals surface area (Å²) in [5.74, 6) is 0. The first-order valence-corrected chi connectivity index (χ1v) is 6.24. The van der Waals surface area contributed by atoms with Gasteiger partial charge in [0, 0.05) is 24.2 Å². The summed E-state index contributed by atoms with van der Waals surface area (Å²) in [4.78, 5) is 13.1. The topological polar surface area (TPSA) is 79.1 Å². The fourth-order valence-electron chi connectivity index (χ4n) is 1.84. The normalized spacial score (nSPS) is 9.43. The molecule has 6 heteroatoms. The zero-order valence-electron chi connectivity index (χ0n) is 11.2. The van der Waals surface area contributed by atoms with Crippen LogP contribution in [0.25, 0.3) is 22.6 Å². The van der Waals surface area contributed by atoms with E-state index in [4.69, 9.17) is 10.0 Å². The van der Waals surface area contributed by atoms with E-state index in [2.05, 4.69) is 15.0 Å². The standard InChI is InChI=1S/C15H11N3.BH2O2/c1-3-9-16-13(7-1)12-6-5-11-18-15(12)14-8-2-4-10-17-14;2-1-3/h1-11H;2-3H. The van der Waals surface area contributed by atoms with Crippen molar-refractivity contribution in [2.45, 2.75) is 0 Å². The van der Waals surface area contributed by atoms with E-state index in [1.54, 1.807) is 18.6 Å². The van der Waals surface area contributed by atoms with Gasteiger partial charge in [0.1, 0.15) is 0 Å². The average molecular weight is 278 g/mol. The molecule has 103 valence electrons. The van der Waals surface area contributed by atoms with E-state index < -0.39 is 0 Å². The van der Waals surface area contributed by atoms with Gasteiger partial charge >= 0.3 is 7.69 Å². The number of nitrogens with zero attached hydrogens (tertiary/aromatic N) is 3. The lowest BCUT2D eigenvalue weighted by Gasteiger charge is -2.06. The predicted octanol–water partition coefficient (Wildman–Crippen LogP) is 1.71. The van der Waals surface area contributed by atoms with Crippen LogP contribution in [0.3, 0.4) is 0 Å². The molecule has 0 saturated heterocycles. The molecule has 0 aliphatic carbocycles. The maximum Gasteiger partial charge on any atom is 0.482 e. The summed E-state index contributed by atoms with van der Waals surface area (Å²) >= 11 is 0. The third-order valence-electron chi connectivity index (χ3n) is 2.66. The van der Waals surface area contributed by atoms with Gasteiger partial charge in [0.15, 0.2) is 0 Å². The molecule has 0 aliphatic heterocycles. The number of hydrogen-bond donors (Lipinski definition) is 2. The molecule has 0 spiro atoms. The second kappa shape index (κ2) is 7.89. The summed E-state index contributed by atoms with van der Waals surface area (Å²) in [6, 6.07) is 15.6. The second-order valence-electron chi connectivity index (χ2n) is 3.94. The van der Waals surface area contributed by atoms with Crippen LogP contribution in [-0.2, 0) is 0 Å². The number of hydrogen-bond acceptors (Lipinski definition) is 5. The molecule has 21 heavy (non-hydrogen) atoms. The molecule has 5 nitrogen and oxygen atoms in total. The molecule has 3 aromatic rings. The highest BCUT2D eigenvalue weighted by atomic mass is 16.4. The van der Waals surface area contributed by atoms with E-state index in [1.165, 1.54) is 0 Å². The molecule has 0 bridgehead atoms. The lowest BCUT2D eigenvalue weighted by Crippen LogP contribution is -1.92. The van der Waals surface area contributed by atoms with Crippen LogP contribution in [0.2, 0.25) is 0 Å². The van der Waals surface area contributed by atoms with E-state index in [0.29, 0.717) is 0 Å². The Morgan fingerprint density at radius 1 is 0.667 bits per heavy atom. The lowest BCUT2D eigenvalue weighted by molar-refractivity contribution is 0.448. The molecule has 0 fully saturated rings. The van der Waals surface area contributed by atoms with Crippen molar-refractivity contribution in [2.24, 2.45) is 0 Å². The van der Waals surface area contributed by atoms with Crippen molar-refractivity contribution in [3.63, 3.8) is 0 Å². The Bertz CT molecular complexity index is 608. The Morgan fingerprint density at radius 2 is 1.24 bits per heavy atom. The number of pyridine rings is 3. The summed E-state index contributed by atoms with van der Waals surface area (Å²) in [5, 5.41) is 14.0. The molecular weight excluding hydrogens is 265 g/mol. The minimum atomic E-state index is 0. The van der Waals surface area contributed by atoms with Gasteiger partial charge in [-0.25, -0.2) is 0 Å². The molecule has 2 N–H and O–H groups in total. The Hall–Kier alpha value is -2.57. The first-order chi connectivity index (χ1) is 10.4. The highest BCUT2D eigenvalue weighted by Gasteiger charge is 2.09. The first kappa shape index (κ1) is 14.8. The van der Waals surface area contributed by atoms with Crippen LogP contribution < -0.4 is 0 Å². The van der Waals surface area contributed by atoms with Crippen LogP contribution in [0.1, 0.15) is 0 Å². The SMILES string of the molecule is O[B]O.c1ccc(-c2cccnc2-c2ccccn2)nc1. The van der Waals surface area contributed by atoms with Crippen molar-refractivity contribution in [1.29, 1.82) is 0 Å². The quantitative estimate of drug-likeness (QED) is 0.698. The van der Waals surface area contributed by atoms with Gasteiger partial charge in [-0.1, -0.05) is 12.1 Å². The fraction of sp³-hybridized carbons (Fsp3) is 0. The highest BCUT2D eigenvalue weighted by molar-refractivity contribution is 6.13. The Balaban J connectivity index is 0.000000497. The van der Waals surface area contributed by atoms with Gasteiger partial charge in [-0.3, -0.25) is 15.0 Å². The third-order valence-corrected chi connectivity index (χ3v) is 2.66. The summed E-state index contributed by atoms with van der Waals surface area (Å²) < 4.78 is 0. The van der Waals surface area contributed by atoms with E-state index >= 15 is 0 Å². The lowest BCUT2D eigenvalue weighted by atomic mass is 10.1. The largest absolute Gasteiger partial charge is 0.482 e. The van der Waals surface area contributed by atoms with Gasteiger partial charge < -0.3 is 10.0 Å². The molecule has 0 amide bonds. The van der Waals surface area contributed by atoms with Crippen LogP contribution >= 0.6 is 0 Å². The van der Waals surface area contributed by atoms with Crippen LogP contribution in [-0.4, -0.2) is 32.7 Å². The van der Waals surface area contributed by atoms with Crippen LogP contribution in [0.4, 0.5) is 0 Å². The van der Waals surface area contributed by atoms with E-state index in [9.17, 15) is 0 Å². The average Bonchev–Trinajstić information content (AvgIpc) is 2.57. The summed E-state index contributed by atoms with van der Waals surface area (Å²) in [5.41, 5.74) is 3.62. The molecule has 0 aliphatic rings. The minimum absolute atomic E-state index is 0. The smallest absolute Gasteiger partial charge is 0.429 e. The van der Waals surface area contributed by atoms with Crippen molar-refractivity contribution < 1.29 is 10.0 Å². The van der Waals surface area contributed by atoms with Gasteiger partial charge in [-0.2, -0.15) is 0 Å². The minimum Gasteiger partial charge on any atom is -0.429 e. The van der Waals surface area contributed by atoms with Crippen molar-refractivity contribution in [3.8, 4) is 22.6 Å². The number of rotatable bonds is 2. The summed E-state index contributed by atoms with van der Waals surface area (Å²) in [6.45, 7) is 0. The van der Waals surface area contributed by atoms with Crippen LogP contribution in [0.15, 0.2) is 67.1 Å². The molecule has 3 heterocycles. The molecule has 3 aromatic heterocycles. The van der Waals surface area contributed by atoms with Gasteiger partial charge in [-0.05, 0) is 36.4 Å². The van der Waals surface area contributed by atoms with Gasteiger partial charge in [0.25, 0.3) is 0 Å². The van der Waals surface area contributed by atoms with Crippen LogP contribution in [0, 0.1) is 0 Å². The molecule has 3 rings (SSSR count). The van der Waals surface area contributed by atoms with E-state index in [1.807, 2.05) is 48.5 Å². The fourth-order valence-corrected chi connectivity index (χ4v) is 1.84. The van der Waals surface area contributed by atoms with Crippen molar-refractivity contribution in [1.82, 2.24) is 15.0 Å². The molecule has 0 atom stereocenters. The molecule has 1 radical (unpaired) electrons. The Kier molecular flexibility index (Phi) is 5.57.